The fourth-order valence-electron chi connectivity index (χ4n) is 1.30. The molecule has 2 rings (SSSR count). The minimum atomic E-state index is 0.276. The van der Waals surface area contributed by atoms with Gasteiger partial charge in [-0.05, 0) is 34.1 Å². The molecule has 0 aliphatic heterocycles. The van der Waals surface area contributed by atoms with Gasteiger partial charge in [-0.25, -0.2) is 4.98 Å². The van der Waals surface area contributed by atoms with E-state index in [1.54, 1.807) is 18.2 Å². The maximum Gasteiger partial charge on any atom is 0.140 e. The first kappa shape index (κ1) is 13.9. The van der Waals surface area contributed by atoms with Crippen molar-refractivity contribution >= 4 is 50.7 Å². The second kappa shape index (κ2) is 6.11. The molecule has 18 heavy (non-hydrogen) atoms. The Morgan fingerprint density at radius 3 is 2.61 bits per heavy atom. The van der Waals surface area contributed by atoms with Gasteiger partial charge in [0.15, 0.2) is 0 Å². The van der Waals surface area contributed by atoms with Crippen molar-refractivity contribution in [3.8, 4) is 5.75 Å². The number of hydrogen-bond acceptors (Lipinski definition) is 2. The number of benzene rings is 1. The smallest absolute Gasteiger partial charge is 0.140 e. The zero-order valence-corrected chi connectivity index (χ0v) is 12.8. The molecule has 0 saturated heterocycles. The maximum absolute atomic E-state index is 6.04. The van der Waals surface area contributed by atoms with Crippen LogP contribution in [0.3, 0.4) is 0 Å². The zero-order valence-electron chi connectivity index (χ0n) is 8.96. The lowest BCUT2D eigenvalue weighted by Gasteiger charge is -2.09. The molecule has 1 heterocycles. The average Bonchev–Trinajstić information content (AvgIpc) is 2.32. The molecule has 1 aromatic heterocycles. The van der Waals surface area contributed by atoms with Crippen molar-refractivity contribution in [2.75, 3.05) is 0 Å². The number of pyridine rings is 1. The highest BCUT2D eigenvalue weighted by molar-refractivity contribution is 9.10. The fraction of sp³-hybridized carbons (Fsp3) is 0.0833. The molecule has 94 valence electrons. The van der Waals surface area contributed by atoms with E-state index in [1.807, 2.05) is 12.1 Å². The molecule has 0 saturated carbocycles. The van der Waals surface area contributed by atoms with Gasteiger partial charge in [-0.15, -0.1) is 0 Å². The minimum Gasteiger partial charge on any atom is -0.486 e. The van der Waals surface area contributed by atoms with Crippen LogP contribution in [0.2, 0.25) is 15.2 Å². The molecule has 1 aromatic carbocycles. The maximum atomic E-state index is 6.04. The predicted octanol–water partition coefficient (Wildman–Crippen LogP) is 5.38. The molecule has 0 spiro atoms. The Morgan fingerprint density at radius 2 is 1.89 bits per heavy atom. The van der Waals surface area contributed by atoms with Gasteiger partial charge in [-0.1, -0.05) is 40.9 Å². The number of rotatable bonds is 3. The molecule has 2 nitrogen and oxygen atoms in total. The summed E-state index contributed by atoms with van der Waals surface area (Å²) in [7, 11) is 0. The number of halogens is 4. The van der Waals surface area contributed by atoms with E-state index in [4.69, 9.17) is 39.5 Å². The first-order valence-corrected chi connectivity index (χ1v) is 6.88. The fourth-order valence-corrected chi connectivity index (χ4v) is 2.33. The van der Waals surface area contributed by atoms with Crippen LogP contribution in [0.4, 0.5) is 0 Å². The van der Waals surface area contributed by atoms with Crippen LogP contribution < -0.4 is 4.74 Å². The highest BCUT2D eigenvalue weighted by atomic mass is 79.9. The van der Waals surface area contributed by atoms with Crippen LogP contribution in [0.5, 0.6) is 5.75 Å². The largest absolute Gasteiger partial charge is 0.486 e. The molecule has 0 aliphatic carbocycles. The lowest BCUT2D eigenvalue weighted by Crippen LogP contribution is -1.98. The number of nitrogens with zero attached hydrogens (tertiary/aromatic N) is 1. The van der Waals surface area contributed by atoms with Crippen LogP contribution in [0.15, 0.2) is 34.8 Å². The molecule has 2 aromatic rings. The van der Waals surface area contributed by atoms with Gasteiger partial charge >= 0.3 is 0 Å². The van der Waals surface area contributed by atoms with E-state index in [1.165, 1.54) is 0 Å². The van der Waals surface area contributed by atoms with Crippen LogP contribution >= 0.6 is 50.7 Å². The van der Waals surface area contributed by atoms with Crippen molar-refractivity contribution in [3.63, 3.8) is 0 Å². The van der Waals surface area contributed by atoms with Gasteiger partial charge < -0.3 is 4.74 Å². The summed E-state index contributed by atoms with van der Waals surface area (Å²) in [5.74, 6) is 0.506. The second-order valence-electron chi connectivity index (χ2n) is 3.44. The average molecular weight is 367 g/mol. The predicted molar refractivity (Wildman–Crippen MR) is 77.7 cm³/mol. The minimum absolute atomic E-state index is 0.276. The van der Waals surface area contributed by atoms with E-state index in [0.717, 1.165) is 10.2 Å². The quantitative estimate of drug-likeness (QED) is 0.536. The van der Waals surface area contributed by atoms with E-state index in [0.29, 0.717) is 20.9 Å². The Kier molecular flexibility index (Phi) is 4.73. The van der Waals surface area contributed by atoms with Crippen LogP contribution in [0.25, 0.3) is 0 Å². The summed E-state index contributed by atoms with van der Waals surface area (Å²) in [5, 5.41) is 1.44. The van der Waals surface area contributed by atoms with E-state index in [9.17, 15) is 0 Å². The third-order valence-electron chi connectivity index (χ3n) is 2.12. The highest BCUT2D eigenvalue weighted by Gasteiger charge is 2.07. The molecule has 6 heteroatoms. The normalized spacial score (nSPS) is 10.4. The van der Waals surface area contributed by atoms with Crippen molar-refractivity contribution in [2.45, 2.75) is 6.61 Å². The SMILES string of the molecule is Clc1cccc(COc2cc(Cl)c(Br)cc2Cl)n1. The Hall–Kier alpha value is -0.480. The van der Waals surface area contributed by atoms with Crippen molar-refractivity contribution in [2.24, 2.45) is 0 Å². The van der Waals surface area contributed by atoms with Crippen molar-refractivity contribution in [1.29, 1.82) is 0 Å². The van der Waals surface area contributed by atoms with Gasteiger partial charge in [0, 0.05) is 10.5 Å². The van der Waals surface area contributed by atoms with Crippen LogP contribution in [-0.2, 0) is 6.61 Å². The summed E-state index contributed by atoms with van der Waals surface area (Å²) in [4.78, 5) is 4.11. The zero-order chi connectivity index (χ0) is 13.1. The second-order valence-corrected chi connectivity index (χ2v) is 5.49. The summed E-state index contributed by atoms with van der Waals surface area (Å²) in [5.41, 5.74) is 0.720. The molecule has 0 bridgehead atoms. The Bertz CT molecular complexity index is 577. The summed E-state index contributed by atoms with van der Waals surface area (Å²) >= 11 is 21.1. The van der Waals surface area contributed by atoms with Crippen molar-refractivity contribution < 1.29 is 4.74 Å². The lowest BCUT2D eigenvalue weighted by molar-refractivity contribution is 0.301. The summed E-state index contributed by atoms with van der Waals surface area (Å²) in [6.07, 6.45) is 0. The third kappa shape index (κ3) is 3.51. The van der Waals surface area contributed by atoms with Gasteiger partial charge in [0.2, 0.25) is 0 Å². The van der Waals surface area contributed by atoms with E-state index in [-0.39, 0.29) is 6.61 Å². The van der Waals surface area contributed by atoms with Crippen LogP contribution in [-0.4, -0.2) is 4.98 Å². The van der Waals surface area contributed by atoms with Crippen LogP contribution in [0, 0.1) is 0 Å². The Balaban J connectivity index is 2.13. The molecule has 0 radical (unpaired) electrons. The van der Waals surface area contributed by atoms with Gasteiger partial charge in [0.25, 0.3) is 0 Å². The third-order valence-corrected chi connectivity index (χ3v) is 3.83. The molecule has 0 atom stereocenters. The van der Waals surface area contributed by atoms with Crippen LogP contribution in [0.1, 0.15) is 5.69 Å². The standard InChI is InChI=1S/C12H7BrCl3NO/c13-8-4-10(15)11(5-9(8)14)18-6-7-2-1-3-12(16)17-7/h1-5H,6H2. The monoisotopic (exact) mass is 365 g/mol. The van der Waals surface area contributed by atoms with Crippen molar-refractivity contribution in [1.82, 2.24) is 4.98 Å². The highest BCUT2D eigenvalue weighted by Crippen LogP contribution is 2.34. The Labute approximate surface area is 128 Å². The molecule has 0 N–H and O–H groups in total. The van der Waals surface area contributed by atoms with E-state index in [2.05, 4.69) is 20.9 Å². The lowest BCUT2D eigenvalue weighted by atomic mass is 10.3. The molecule has 0 fully saturated rings. The van der Waals surface area contributed by atoms with Gasteiger partial charge in [-0.2, -0.15) is 0 Å². The number of ether oxygens (including phenoxy) is 1. The number of aromatic nitrogens is 1. The molecule has 0 amide bonds. The summed E-state index contributed by atoms with van der Waals surface area (Å²) < 4.78 is 6.28. The van der Waals surface area contributed by atoms with Gasteiger partial charge in [-0.3, -0.25) is 0 Å². The van der Waals surface area contributed by atoms with Gasteiger partial charge in [0.05, 0.1) is 15.7 Å². The number of hydrogen-bond donors (Lipinski definition) is 0. The molecular weight excluding hydrogens is 360 g/mol. The van der Waals surface area contributed by atoms with Crippen molar-refractivity contribution in [3.05, 3.63) is 55.7 Å². The van der Waals surface area contributed by atoms with Gasteiger partial charge in [0.1, 0.15) is 17.5 Å². The first-order chi connectivity index (χ1) is 8.56. The molecule has 0 aliphatic rings. The summed E-state index contributed by atoms with van der Waals surface area (Å²) in [6.45, 7) is 0.276. The molecular formula is C12H7BrCl3NO. The van der Waals surface area contributed by atoms with E-state index < -0.39 is 0 Å². The van der Waals surface area contributed by atoms with E-state index >= 15 is 0 Å². The molecule has 0 unspecified atom stereocenters. The topological polar surface area (TPSA) is 22.1 Å². The Morgan fingerprint density at radius 1 is 1.11 bits per heavy atom. The summed E-state index contributed by atoms with van der Waals surface area (Å²) in [6, 6.07) is 8.67. The first-order valence-electron chi connectivity index (χ1n) is 4.95.